The van der Waals surface area contributed by atoms with Gasteiger partial charge in [-0.3, -0.25) is 0 Å². The van der Waals surface area contributed by atoms with Crippen LogP contribution in [0.1, 0.15) is 19.8 Å². The Bertz CT molecular complexity index is 578. The lowest BCUT2D eigenvalue weighted by Gasteiger charge is -2.33. The van der Waals surface area contributed by atoms with Crippen LogP contribution in [0.15, 0.2) is 11.4 Å². The van der Waals surface area contributed by atoms with Gasteiger partial charge in [0.05, 0.1) is 11.5 Å². The summed E-state index contributed by atoms with van der Waals surface area (Å²) in [5.41, 5.74) is 0. The summed E-state index contributed by atoms with van der Waals surface area (Å²) in [6.07, 6.45) is 2.54. The lowest BCUT2D eigenvalue weighted by Crippen LogP contribution is -2.37. The molecule has 1 N–H and O–H groups in total. The minimum atomic E-state index is 0.403. The van der Waals surface area contributed by atoms with Gasteiger partial charge < -0.3 is 15.0 Å². The molecule has 1 saturated heterocycles. The zero-order valence-corrected chi connectivity index (χ0v) is 12.7. The van der Waals surface area contributed by atoms with Crippen LogP contribution in [0.2, 0.25) is 0 Å². The number of hydrogen-bond acceptors (Lipinski definition) is 6. The third-order valence-corrected chi connectivity index (χ3v) is 4.48. The summed E-state index contributed by atoms with van der Waals surface area (Å²) in [4.78, 5) is 12.6. The van der Waals surface area contributed by atoms with Gasteiger partial charge in [-0.15, -0.1) is 11.3 Å². The fourth-order valence-electron chi connectivity index (χ4n) is 2.66. The van der Waals surface area contributed by atoms with Crippen molar-refractivity contribution in [3.05, 3.63) is 11.4 Å². The van der Waals surface area contributed by atoms with Crippen molar-refractivity contribution in [3.8, 4) is 0 Å². The summed E-state index contributed by atoms with van der Waals surface area (Å²) in [7, 11) is 1.86. The molecule has 0 bridgehead atoms. The topological polar surface area (TPSA) is 50.3 Å². The molecule has 2 aromatic heterocycles. The van der Waals surface area contributed by atoms with Crippen LogP contribution in [-0.2, 0) is 4.74 Å². The van der Waals surface area contributed by atoms with Crippen LogP contribution in [0.4, 0.5) is 11.8 Å². The summed E-state index contributed by atoms with van der Waals surface area (Å²) >= 11 is 1.66. The van der Waals surface area contributed by atoms with Gasteiger partial charge in [0.15, 0.2) is 0 Å². The minimum Gasteiger partial charge on any atom is -0.378 e. The number of ether oxygens (including phenoxy) is 1. The van der Waals surface area contributed by atoms with Crippen LogP contribution in [0.3, 0.4) is 0 Å². The smallest absolute Gasteiger partial charge is 0.225 e. The van der Waals surface area contributed by atoms with Gasteiger partial charge in [-0.25, -0.2) is 4.98 Å². The summed E-state index contributed by atoms with van der Waals surface area (Å²) in [5, 5.41) is 6.29. The average Bonchev–Trinajstić information content (AvgIpc) is 2.95. The van der Waals surface area contributed by atoms with E-state index in [1.54, 1.807) is 11.3 Å². The molecule has 2 aromatic rings. The highest BCUT2D eigenvalue weighted by Crippen LogP contribution is 2.31. The fraction of sp³-hybridized carbons (Fsp3) is 0.571. The number of rotatable bonds is 4. The van der Waals surface area contributed by atoms with E-state index in [0.717, 1.165) is 48.6 Å². The molecular formula is C14H20N4OS. The highest BCUT2D eigenvalue weighted by atomic mass is 32.1. The van der Waals surface area contributed by atoms with Crippen LogP contribution < -0.4 is 10.2 Å². The molecule has 0 aromatic carbocycles. The molecule has 20 heavy (non-hydrogen) atoms. The van der Waals surface area contributed by atoms with Gasteiger partial charge in [-0.05, 0) is 31.2 Å². The highest BCUT2D eigenvalue weighted by Gasteiger charge is 2.22. The Hall–Kier alpha value is -1.40. The standard InChI is InChI=1S/C14H20N4OS/c1-3-19-10-4-7-18(8-5-10)12-11-6-9-20-13(11)17-14(15-2)16-12/h6,9-10H,3-5,7-8H2,1-2H3,(H,15,16,17). The minimum absolute atomic E-state index is 0.403. The molecule has 1 fully saturated rings. The summed E-state index contributed by atoms with van der Waals surface area (Å²) in [6.45, 7) is 4.85. The first-order valence-electron chi connectivity index (χ1n) is 7.11. The molecule has 0 radical (unpaired) electrons. The number of aromatic nitrogens is 2. The third kappa shape index (κ3) is 2.58. The number of anilines is 2. The quantitative estimate of drug-likeness (QED) is 0.939. The second kappa shape index (κ2) is 5.93. The monoisotopic (exact) mass is 292 g/mol. The molecule has 0 atom stereocenters. The lowest BCUT2D eigenvalue weighted by molar-refractivity contribution is 0.0459. The van der Waals surface area contributed by atoms with Gasteiger partial charge in [0.25, 0.3) is 0 Å². The molecule has 0 aliphatic carbocycles. The predicted octanol–water partition coefficient (Wildman–Crippen LogP) is 2.74. The van der Waals surface area contributed by atoms with E-state index in [1.807, 2.05) is 7.05 Å². The molecule has 0 unspecified atom stereocenters. The molecule has 6 heteroatoms. The molecular weight excluding hydrogens is 272 g/mol. The molecule has 1 aliphatic heterocycles. The number of thiophene rings is 1. The van der Waals surface area contributed by atoms with E-state index in [9.17, 15) is 0 Å². The maximum absolute atomic E-state index is 5.71. The van der Waals surface area contributed by atoms with Crippen molar-refractivity contribution >= 4 is 33.3 Å². The molecule has 0 spiro atoms. The maximum atomic E-state index is 5.71. The number of hydrogen-bond donors (Lipinski definition) is 1. The Balaban J connectivity index is 1.85. The van der Waals surface area contributed by atoms with Crippen LogP contribution in [0.25, 0.3) is 10.2 Å². The third-order valence-electron chi connectivity index (χ3n) is 3.67. The van der Waals surface area contributed by atoms with E-state index in [1.165, 1.54) is 0 Å². The van der Waals surface area contributed by atoms with Crippen molar-refractivity contribution < 1.29 is 4.74 Å². The Morgan fingerprint density at radius 1 is 1.40 bits per heavy atom. The zero-order valence-electron chi connectivity index (χ0n) is 11.9. The Kier molecular flexibility index (Phi) is 4.03. The largest absolute Gasteiger partial charge is 0.378 e. The fourth-order valence-corrected chi connectivity index (χ4v) is 3.42. The van der Waals surface area contributed by atoms with Crippen molar-refractivity contribution in [2.24, 2.45) is 0 Å². The van der Waals surface area contributed by atoms with Crippen LogP contribution >= 0.6 is 11.3 Å². The van der Waals surface area contributed by atoms with Gasteiger partial charge in [-0.1, -0.05) is 0 Å². The van der Waals surface area contributed by atoms with Crippen molar-refractivity contribution in [1.29, 1.82) is 0 Å². The number of piperidine rings is 1. The second-order valence-electron chi connectivity index (χ2n) is 4.90. The van der Waals surface area contributed by atoms with E-state index in [4.69, 9.17) is 4.74 Å². The van der Waals surface area contributed by atoms with Gasteiger partial charge in [-0.2, -0.15) is 4.98 Å². The van der Waals surface area contributed by atoms with Crippen LogP contribution in [0, 0.1) is 0 Å². The Morgan fingerprint density at radius 3 is 2.90 bits per heavy atom. The Labute approximate surface area is 123 Å². The van der Waals surface area contributed by atoms with Gasteiger partial charge in [0.1, 0.15) is 10.6 Å². The average molecular weight is 292 g/mol. The maximum Gasteiger partial charge on any atom is 0.225 e. The van der Waals surface area contributed by atoms with E-state index in [-0.39, 0.29) is 0 Å². The summed E-state index contributed by atoms with van der Waals surface area (Å²) < 4.78 is 5.71. The molecule has 1 aliphatic rings. The SMILES string of the molecule is CCOC1CCN(c2nc(NC)nc3sccc23)CC1. The van der Waals surface area contributed by atoms with Gasteiger partial charge in [0, 0.05) is 26.7 Å². The molecule has 5 nitrogen and oxygen atoms in total. The predicted molar refractivity (Wildman–Crippen MR) is 83.8 cm³/mol. The van der Waals surface area contributed by atoms with E-state index in [0.29, 0.717) is 12.1 Å². The first kappa shape index (κ1) is 13.6. The number of fused-ring (bicyclic) bond motifs is 1. The Morgan fingerprint density at radius 2 is 2.20 bits per heavy atom. The normalized spacial score (nSPS) is 16.8. The molecule has 0 saturated carbocycles. The molecule has 108 valence electrons. The van der Waals surface area contributed by atoms with Crippen molar-refractivity contribution in [2.75, 3.05) is 37.0 Å². The van der Waals surface area contributed by atoms with Crippen molar-refractivity contribution in [2.45, 2.75) is 25.9 Å². The number of nitrogens with zero attached hydrogens (tertiary/aromatic N) is 3. The zero-order chi connectivity index (χ0) is 13.9. The molecule has 0 amide bonds. The van der Waals surface area contributed by atoms with Crippen LogP contribution in [0.5, 0.6) is 0 Å². The first-order valence-corrected chi connectivity index (χ1v) is 7.99. The van der Waals surface area contributed by atoms with Gasteiger partial charge >= 0.3 is 0 Å². The van der Waals surface area contributed by atoms with Crippen molar-refractivity contribution in [3.63, 3.8) is 0 Å². The first-order chi connectivity index (χ1) is 9.81. The van der Waals surface area contributed by atoms with E-state index >= 15 is 0 Å². The van der Waals surface area contributed by atoms with Gasteiger partial charge in [0.2, 0.25) is 5.95 Å². The second-order valence-corrected chi connectivity index (χ2v) is 5.80. The van der Waals surface area contributed by atoms with E-state index in [2.05, 4.69) is 38.6 Å². The summed E-state index contributed by atoms with van der Waals surface area (Å²) in [5.74, 6) is 1.75. The molecule has 3 heterocycles. The highest BCUT2D eigenvalue weighted by molar-refractivity contribution is 7.16. The lowest BCUT2D eigenvalue weighted by atomic mass is 10.1. The summed E-state index contributed by atoms with van der Waals surface area (Å²) in [6, 6.07) is 2.11. The van der Waals surface area contributed by atoms with Crippen LogP contribution in [-0.4, -0.2) is 42.8 Å². The number of nitrogens with one attached hydrogen (secondary N) is 1. The molecule has 3 rings (SSSR count). The van der Waals surface area contributed by atoms with E-state index < -0.39 is 0 Å². The van der Waals surface area contributed by atoms with Crippen molar-refractivity contribution in [1.82, 2.24) is 9.97 Å².